The molecule has 0 fully saturated rings. The van der Waals surface area contributed by atoms with Crippen molar-refractivity contribution in [2.24, 2.45) is 0 Å². The Kier molecular flexibility index (Phi) is 10.5. The molecule has 0 atom stereocenters. The number of halogens is 7. The molecule has 0 aliphatic heterocycles. The molecule has 1 N–H and O–H groups in total. The Morgan fingerprint density at radius 2 is 0.931 bits per heavy atom. The quantitative estimate of drug-likeness (QED) is 0.236. The minimum absolute atomic E-state index is 0.0287. The molecule has 0 saturated heterocycles. The molecule has 0 amide bonds. The molecule has 0 aliphatic carbocycles. The standard InChI is InChI=1S/C12H10I.2CHF3O3S/c1-3-7-11(8-4-1)13-12-9-5-2-6-10-12;2*2-1(3,4)8(5,6)7/h1-10H;2*(H,5,6,7)/q+1;;/p-1. The molecule has 164 valence electrons. The van der Waals surface area contributed by atoms with Crippen LogP contribution in [0.15, 0.2) is 60.7 Å². The smallest absolute Gasteiger partial charge is 0.522 e. The van der Waals surface area contributed by atoms with Gasteiger partial charge in [-0.3, -0.25) is 4.55 Å². The molecule has 2 rings (SSSR count). The largest absolute Gasteiger partial charge is 0.741 e. The lowest BCUT2D eigenvalue weighted by Gasteiger charge is -2.08. The predicted molar refractivity (Wildman–Crippen MR) is 83.6 cm³/mol. The molecule has 6 nitrogen and oxygen atoms in total. The van der Waals surface area contributed by atoms with Crippen LogP contribution in [0, 0.1) is 7.14 Å². The first-order valence-corrected chi connectivity index (χ1v) is 11.8. The van der Waals surface area contributed by atoms with Gasteiger partial charge in [-0.05, 0) is 24.3 Å². The maximum Gasteiger partial charge on any atom is 0.522 e. The highest BCUT2D eigenvalue weighted by molar-refractivity contribution is 7.86. The Morgan fingerprint density at radius 3 is 1.10 bits per heavy atom. The highest BCUT2D eigenvalue weighted by Crippen LogP contribution is 2.21. The first-order chi connectivity index (χ1) is 12.9. The van der Waals surface area contributed by atoms with Gasteiger partial charge < -0.3 is 4.55 Å². The summed E-state index contributed by atoms with van der Waals surface area (Å²) in [6, 6.07) is 21.4. The molecule has 0 saturated carbocycles. The van der Waals surface area contributed by atoms with Gasteiger partial charge in [0.05, 0.1) is 0 Å². The molecular formula is C14H11F6IO6S2. The lowest BCUT2D eigenvalue weighted by atomic mass is 10.4. The minimum Gasteiger partial charge on any atom is -0.741 e. The summed E-state index contributed by atoms with van der Waals surface area (Å²) in [5.74, 6) is 0. The maximum atomic E-state index is 10.7. The van der Waals surface area contributed by atoms with Crippen molar-refractivity contribution in [2.75, 3.05) is 0 Å². The Labute approximate surface area is 172 Å². The second-order valence-electron chi connectivity index (χ2n) is 4.51. The molecule has 2 aromatic carbocycles. The van der Waals surface area contributed by atoms with E-state index in [9.17, 15) is 26.3 Å². The van der Waals surface area contributed by atoms with Gasteiger partial charge in [-0.25, -0.2) is 8.42 Å². The molecule has 0 heterocycles. The molecule has 0 spiro atoms. The second kappa shape index (κ2) is 11.1. The monoisotopic (exact) mass is 580 g/mol. The Morgan fingerprint density at radius 1 is 0.690 bits per heavy atom. The lowest BCUT2D eigenvalue weighted by Crippen LogP contribution is -3.61. The summed E-state index contributed by atoms with van der Waals surface area (Å²) in [6.45, 7) is 0. The highest BCUT2D eigenvalue weighted by atomic mass is 127. The fourth-order valence-corrected chi connectivity index (χ4v) is 3.35. The minimum atomic E-state index is -6.09. The number of benzene rings is 2. The van der Waals surface area contributed by atoms with Gasteiger partial charge in [-0.2, -0.15) is 34.8 Å². The molecule has 0 bridgehead atoms. The molecular weight excluding hydrogens is 569 g/mol. The molecule has 0 aromatic heterocycles. The highest BCUT2D eigenvalue weighted by Gasteiger charge is 2.44. The number of hydrogen-bond acceptors (Lipinski definition) is 5. The van der Waals surface area contributed by atoms with Crippen LogP contribution >= 0.6 is 0 Å². The van der Waals surface area contributed by atoms with E-state index in [1.165, 1.54) is 7.14 Å². The zero-order valence-electron chi connectivity index (χ0n) is 13.7. The number of alkyl halides is 6. The van der Waals surface area contributed by atoms with Crippen LogP contribution in [0.1, 0.15) is 0 Å². The van der Waals surface area contributed by atoms with Crippen LogP contribution < -0.4 is 21.2 Å². The third-order valence-electron chi connectivity index (χ3n) is 2.26. The summed E-state index contributed by atoms with van der Waals surface area (Å²) < 4.78 is 119. The van der Waals surface area contributed by atoms with E-state index in [4.69, 9.17) is 25.9 Å². The van der Waals surface area contributed by atoms with E-state index >= 15 is 0 Å². The Hall–Kier alpha value is -1.43. The topological polar surface area (TPSA) is 112 Å². The summed E-state index contributed by atoms with van der Waals surface area (Å²) in [7, 11) is -11.9. The summed E-state index contributed by atoms with van der Waals surface area (Å²) in [4.78, 5) is 0. The molecule has 29 heavy (non-hydrogen) atoms. The average molecular weight is 580 g/mol. The SMILES string of the molecule is O=S(=O)(O)C(F)(F)F.O=S(=O)([O-])C(F)(F)F.c1ccc([I+]c2ccccc2)cc1. The second-order valence-corrected chi connectivity index (χ2v) is 10.3. The van der Waals surface area contributed by atoms with E-state index in [1.54, 1.807) is 0 Å². The zero-order chi connectivity index (χ0) is 22.9. The van der Waals surface area contributed by atoms with E-state index in [1.807, 2.05) is 0 Å². The molecule has 15 heteroatoms. The van der Waals surface area contributed by atoms with E-state index in [0.29, 0.717) is 0 Å². The lowest BCUT2D eigenvalue weighted by molar-refractivity contribution is -0.597. The van der Waals surface area contributed by atoms with Crippen molar-refractivity contribution in [1.29, 1.82) is 0 Å². The zero-order valence-corrected chi connectivity index (χ0v) is 17.5. The maximum absolute atomic E-state index is 10.7. The van der Waals surface area contributed by atoms with Crippen molar-refractivity contribution in [3.05, 3.63) is 67.8 Å². The third-order valence-corrected chi connectivity index (χ3v) is 6.10. The van der Waals surface area contributed by atoms with Gasteiger partial charge in [0.2, 0.25) is 0 Å². The summed E-state index contributed by atoms with van der Waals surface area (Å²) in [5.41, 5.74) is -11.2. The van der Waals surface area contributed by atoms with Gasteiger partial charge in [0.15, 0.2) is 17.3 Å². The summed E-state index contributed by atoms with van der Waals surface area (Å²) in [5, 5.41) is 0. The average Bonchev–Trinajstić information content (AvgIpc) is 2.54. The van der Waals surface area contributed by atoms with Gasteiger partial charge >= 0.3 is 42.3 Å². The first kappa shape index (κ1) is 27.6. The molecule has 2 aromatic rings. The molecule has 0 radical (unpaired) electrons. The Bertz CT molecular complexity index is 866. The summed E-state index contributed by atoms with van der Waals surface area (Å²) >= 11 is 0.0287. The van der Waals surface area contributed by atoms with Gasteiger partial charge in [0.25, 0.3) is 0 Å². The van der Waals surface area contributed by atoms with Crippen LogP contribution in [0.4, 0.5) is 26.3 Å². The van der Waals surface area contributed by atoms with Crippen LogP contribution in [-0.2, 0) is 20.2 Å². The van der Waals surface area contributed by atoms with Crippen molar-refractivity contribution in [3.8, 4) is 0 Å². The van der Waals surface area contributed by atoms with Crippen molar-refractivity contribution in [1.82, 2.24) is 0 Å². The normalized spacial score (nSPS) is 12.1. The van der Waals surface area contributed by atoms with E-state index in [-0.39, 0.29) is 21.2 Å². The van der Waals surface area contributed by atoms with E-state index in [0.717, 1.165) is 0 Å². The van der Waals surface area contributed by atoms with Crippen LogP contribution in [0.5, 0.6) is 0 Å². The van der Waals surface area contributed by atoms with Gasteiger partial charge in [-0.1, -0.05) is 36.4 Å². The van der Waals surface area contributed by atoms with Gasteiger partial charge in [0, 0.05) is 0 Å². The summed E-state index contributed by atoms with van der Waals surface area (Å²) in [6.07, 6.45) is 0. The van der Waals surface area contributed by atoms with Gasteiger partial charge in [0.1, 0.15) is 0 Å². The molecule has 0 unspecified atom stereocenters. The van der Waals surface area contributed by atoms with Crippen molar-refractivity contribution < 1.29 is 73.5 Å². The van der Waals surface area contributed by atoms with E-state index < -0.39 is 31.3 Å². The van der Waals surface area contributed by atoms with Crippen molar-refractivity contribution in [3.63, 3.8) is 0 Å². The van der Waals surface area contributed by atoms with Crippen molar-refractivity contribution >= 4 is 20.2 Å². The third kappa shape index (κ3) is 12.0. The predicted octanol–water partition coefficient (Wildman–Crippen LogP) is 0.260. The number of rotatable bonds is 2. The van der Waals surface area contributed by atoms with Crippen LogP contribution in [0.2, 0.25) is 0 Å². The van der Waals surface area contributed by atoms with Gasteiger partial charge in [-0.15, -0.1) is 0 Å². The first-order valence-electron chi connectivity index (χ1n) is 6.76. The fraction of sp³-hybridized carbons (Fsp3) is 0.143. The van der Waals surface area contributed by atoms with E-state index in [2.05, 4.69) is 60.7 Å². The number of hydrogen-bond donors (Lipinski definition) is 1. The molecule has 0 aliphatic rings. The van der Waals surface area contributed by atoms with Crippen molar-refractivity contribution in [2.45, 2.75) is 11.0 Å². The van der Waals surface area contributed by atoms with Crippen LogP contribution in [0.3, 0.4) is 0 Å². The Balaban J connectivity index is 0.000000432. The van der Waals surface area contributed by atoms with Crippen LogP contribution in [-0.4, -0.2) is 37.0 Å². The van der Waals surface area contributed by atoms with Crippen LogP contribution in [0.25, 0.3) is 0 Å². The fourth-order valence-electron chi connectivity index (χ4n) is 1.08.